The first kappa shape index (κ1) is 22.1. The lowest BCUT2D eigenvalue weighted by molar-refractivity contribution is 0.278. The van der Waals surface area contributed by atoms with Gasteiger partial charge in [0, 0.05) is 11.6 Å². The minimum Gasteiger partial charge on any atom is -0.497 e. The molecule has 0 atom stereocenters. The standard InChI is InChI=1S/C24H35NO3/c1-6-7-8-9-10-11-12-13-20(23-25-24(2,3)18-28-23)14-19-15-21(26-4)17-22(16-19)27-5/h6,14-17H,1,7-13,18H2,2-5H3. The number of benzene rings is 1. The summed E-state index contributed by atoms with van der Waals surface area (Å²) < 4.78 is 16.7. The number of allylic oxidation sites excluding steroid dienone is 1. The molecule has 4 nitrogen and oxygen atoms in total. The van der Waals surface area contributed by atoms with Gasteiger partial charge in [0.1, 0.15) is 18.1 Å². The summed E-state index contributed by atoms with van der Waals surface area (Å²) in [6.07, 6.45) is 12.3. The van der Waals surface area contributed by atoms with Gasteiger partial charge in [-0.3, -0.25) is 0 Å². The van der Waals surface area contributed by atoms with Gasteiger partial charge in [0.25, 0.3) is 0 Å². The van der Waals surface area contributed by atoms with Crippen LogP contribution < -0.4 is 9.47 Å². The Morgan fingerprint density at radius 1 is 1.07 bits per heavy atom. The van der Waals surface area contributed by atoms with Gasteiger partial charge >= 0.3 is 0 Å². The van der Waals surface area contributed by atoms with Crippen LogP contribution in [0.25, 0.3) is 6.08 Å². The molecule has 1 aromatic carbocycles. The van der Waals surface area contributed by atoms with E-state index in [1.54, 1.807) is 14.2 Å². The predicted molar refractivity (Wildman–Crippen MR) is 118 cm³/mol. The number of nitrogens with zero attached hydrogens (tertiary/aromatic N) is 1. The molecular weight excluding hydrogens is 350 g/mol. The normalized spacial score (nSPS) is 15.7. The number of rotatable bonds is 12. The van der Waals surface area contributed by atoms with Crippen molar-refractivity contribution < 1.29 is 14.2 Å². The van der Waals surface area contributed by atoms with Gasteiger partial charge in [-0.05, 0) is 63.3 Å². The Hall–Kier alpha value is -2.23. The smallest absolute Gasteiger partial charge is 0.212 e. The van der Waals surface area contributed by atoms with Crippen molar-refractivity contribution in [3.8, 4) is 11.5 Å². The molecule has 1 aliphatic heterocycles. The zero-order valence-corrected chi connectivity index (χ0v) is 17.9. The zero-order valence-electron chi connectivity index (χ0n) is 17.9. The van der Waals surface area contributed by atoms with Gasteiger partial charge in [-0.1, -0.05) is 25.3 Å². The summed E-state index contributed by atoms with van der Waals surface area (Å²) in [5.74, 6) is 2.34. The van der Waals surface area contributed by atoms with E-state index in [9.17, 15) is 0 Å². The molecule has 0 fully saturated rings. The van der Waals surface area contributed by atoms with E-state index in [2.05, 4.69) is 26.5 Å². The summed E-state index contributed by atoms with van der Waals surface area (Å²) in [7, 11) is 3.34. The van der Waals surface area contributed by atoms with Crippen LogP contribution in [0.15, 0.2) is 41.4 Å². The van der Waals surface area contributed by atoms with Crippen molar-refractivity contribution in [1.29, 1.82) is 0 Å². The maximum absolute atomic E-state index is 5.93. The second kappa shape index (κ2) is 10.9. The first-order valence-electron chi connectivity index (χ1n) is 10.2. The Labute approximate surface area is 170 Å². The van der Waals surface area contributed by atoms with Gasteiger partial charge in [-0.2, -0.15) is 0 Å². The van der Waals surface area contributed by atoms with Crippen LogP contribution in [0.5, 0.6) is 11.5 Å². The highest BCUT2D eigenvalue weighted by atomic mass is 16.5. The molecule has 0 aromatic heterocycles. The van der Waals surface area contributed by atoms with Crippen LogP contribution in [0.4, 0.5) is 0 Å². The van der Waals surface area contributed by atoms with Crippen molar-refractivity contribution in [1.82, 2.24) is 0 Å². The summed E-state index contributed by atoms with van der Waals surface area (Å²) >= 11 is 0. The minimum absolute atomic E-state index is 0.162. The molecule has 0 bridgehead atoms. The molecule has 0 spiro atoms. The van der Waals surface area contributed by atoms with Crippen molar-refractivity contribution >= 4 is 12.0 Å². The fraction of sp³-hybridized carbons (Fsp3) is 0.542. The summed E-state index contributed by atoms with van der Waals surface area (Å²) in [6.45, 7) is 8.62. The SMILES string of the molecule is C=CCCCCCCCC(=Cc1cc(OC)cc(OC)c1)C1=NC(C)(C)CO1. The number of methoxy groups -OCH3 is 2. The third-order valence-electron chi connectivity index (χ3n) is 4.81. The molecule has 0 N–H and O–H groups in total. The predicted octanol–water partition coefficient (Wildman–Crippen LogP) is 6.21. The second-order valence-corrected chi connectivity index (χ2v) is 7.93. The third kappa shape index (κ3) is 7.06. The van der Waals surface area contributed by atoms with Crippen molar-refractivity contribution in [3.05, 3.63) is 42.0 Å². The van der Waals surface area contributed by atoms with Crippen LogP contribution in [-0.2, 0) is 4.74 Å². The molecule has 0 saturated carbocycles. The third-order valence-corrected chi connectivity index (χ3v) is 4.81. The van der Waals surface area contributed by atoms with Gasteiger partial charge in [0.2, 0.25) is 5.90 Å². The molecule has 1 heterocycles. The van der Waals surface area contributed by atoms with E-state index in [0.717, 1.165) is 47.8 Å². The molecule has 1 aliphatic rings. The monoisotopic (exact) mass is 385 g/mol. The largest absolute Gasteiger partial charge is 0.497 e. The highest BCUT2D eigenvalue weighted by Gasteiger charge is 2.27. The Balaban J connectivity index is 2.12. The molecule has 28 heavy (non-hydrogen) atoms. The van der Waals surface area contributed by atoms with Gasteiger partial charge in [0.05, 0.1) is 19.8 Å². The molecule has 0 radical (unpaired) electrons. The Morgan fingerprint density at radius 3 is 2.29 bits per heavy atom. The van der Waals surface area contributed by atoms with E-state index in [4.69, 9.17) is 19.2 Å². The maximum atomic E-state index is 5.93. The van der Waals surface area contributed by atoms with Gasteiger partial charge in [-0.25, -0.2) is 4.99 Å². The summed E-state index contributed by atoms with van der Waals surface area (Å²) in [5, 5.41) is 0. The molecule has 2 rings (SSSR count). The fourth-order valence-electron chi connectivity index (χ4n) is 3.24. The number of hydrogen-bond donors (Lipinski definition) is 0. The van der Waals surface area contributed by atoms with E-state index >= 15 is 0 Å². The molecule has 154 valence electrons. The maximum Gasteiger partial charge on any atom is 0.212 e. The van der Waals surface area contributed by atoms with Crippen molar-refractivity contribution in [3.63, 3.8) is 0 Å². The van der Waals surface area contributed by atoms with E-state index in [1.807, 2.05) is 24.3 Å². The van der Waals surface area contributed by atoms with E-state index in [1.165, 1.54) is 25.7 Å². The molecule has 0 unspecified atom stereocenters. The lowest BCUT2D eigenvalue weighted by Crippen LogP contribution is -2.17. The van der Waals surface area contributed by atoms with E-state index in [-0.39, 0.29) is 5.54 Å². The van der Waals surface area contributed by atoms with Crippen LogP contribution in [0.1, 0.15) is 64.4 Å². The van der Waals surface area contributed by atoms with E-state index < -0.39 is 0 Å². The van der Waals surface area contributed by atoms with Crippen LogP contribution in [0.3, 0.4) is 0 Å². The van der Waals surface area contributed by atoms with Gasteiger partial charge < -0.3 is 14.2 Å². The highest BCUT2D eigenvalue weighted by molar-refractivity contribution is 5.99. The molecule has 0 aliphatic carbocycles. The fourth-order valence-corrected chi connectivity index (χ4v) is 3.24. The average Bonchev–Trinajstić information content (AvgIpc) is 3.05. The molecular formula is C24H35NO3. The quantitative estimate of drug-likeness (QED) is 0.317. The van der Waals surface area contributed by atoms with E-state index in [0.29, 0.717) is 6.61 Å². The Kier molecular flexibility index (Phi) is 8.62. The Morgan fingerprint density at radius 2 is 1.71 bits per heavy atom. The minimum atomic E-state index is -0.162. The second-order valence-electron chi connectivity index (χ2n) is 7.93. The van der Waals surface area contributed by atoms with Gasteiger partial charge in [0.15, 0.2) is 0 Å². The molecule has 4 heteroatoms. The van der Waals surface area contributed by atoms with Gasteiger partial charge in [-0.15, -0.1) is 6.58 Å². The first-order valence-corrected chi connectivity index (χ1v) is 10.2. The Bertz CT molecular complexity index is 682. The van der Waals surface area contributed by atoms with Crippen LogP contribution >= 0.6 is 0 Å². The number of ether oxygens (including phenoxy) is 3. The van der Waals surface area contributed by atoms with Crippen molar-refractivity contribution in [2.75, 3.05) is 20.8 Å². The van der Waals surface area contributed by atoms with Crippen molar-refractivity contribution in [2.45, 2.75) is 64.3 Å². The first-order chi connectivity index (χ1) is 13.5. The number of unbranched alkanes of at least 4 members (excludes halogenated alkanes) is 5. The number of hydrogen-bond acceptors (Lipinski definition) is 4. The van der Waals surface area contributed by atoms with Crippen LogP contribution in [0, 0.1) is 0 Å². The number of aliphatic imine (C=N–C) groups is 1. The lowest BCUT2D eigenvalue weighted by atomic mass is 10.0. The molecule has 0 saturated heterocycles. The highest BCUT2D eigenvalue weighted by Crippen LogP contribution is 2.28. The summed E-state index contributed by atoms with van der Waals surface area (Å²) in [6, 6.07) is 5.91. The summed E-state index contributed by atoms with van der Waals surface area (Å²) in [4.78, 5) is 4.79. The lowest BCUT2D eigenvalue weighted by Gasteiger charge is -2.10. The molecule has 1 aromatic rings. The zero-order chi connectivity index (χ0) is 20.4. The van der Waals surface area contributed by atoms with Crippen LogP contribution in [0.2, 0.25) is 0 Å². The van der Waals surface area contributed by atoms with Crippen molar-refractivity contribution in [2.24, 2.45) is 4.99 Å². The molecule has 0 amide bonds. The summed E-state index contributed by atoms with van der Waals surface area (Å²) in [5.41, 5.74) is 2.02. The average molecular weight is 386 g/mol. The topological polar surface area (TPSA) is 40.0 Å². The van der Waals surface area contributed by atoms with Crippen LogP contribution in [-0.4, -0.2) is 32.3 Å².